The minimum atomic E-state index is -0.212. The predicted molar refractivity (Wildman–Crippen MR) is 72.7 cm³/mol. The lowest BCUT2D eigenvalue weighted by Crippen LogP contribution is -2.05. The van der Waals surface area contributed by atoms with E-state index in [2.05, 4.69) is 12.1 Å². The summed E-state index contributed by atoms with van der Waals surface area (Å²) in [5.41, 5.74) is 0.998. The Morgan fingerprint density at radius 3 is 2.44 bits per heavy atom. The molecular formula is C15H14O2S. The van der Waals surface area contributed by atoms with Gasteiger partial charge >= 0.3 is 5.97 Å². The van der Waals surface area contributed by atoms with Crippen LogP contribution in [0.1, 0.15) is 5.56 Å². The van der Waals surface area contributed by atoms with Crippen LogP contribution in [0.2, 0.25) is 0 Å². The van der Waals surface area contributed by atoms with Gasteiger partial charge in [0.1, 0.15) is 0 Å². The number of hydrogen-bond donors (Lipinski definition) is 0. The Labute approximate surface area is 111 Å². The second-order valence-corrected chi connectivity index (χ2v) is 4.89. The highest BCUT2D eigenvalue weighted by Gasteiger charge is 2.08. The Morgan fingerprint density at radius 1 is 1.06 bits per heavy atom. The van der Waals surface area contributed by atoms with Crippen LogP contribution >= 0.6 is 11.8 Å². The van der Waals surface area contributed by atoms with E-state index >= 15 is 0 Å². The first-order chi connectivity index (χ1) is 8.79. The molecule has 2 aromatic carbocycles. The molecular weight excluding hydrogens is 244 g/mol. The maximum absolute atomic E-state index is 11.4. The molecule has 0 unspecified atom stereocenters. The first-order valence-corrected chi connectivity index (χ1v) is 6.49. The summed E-state index contributed by atoms with van der Waals surface area (Å²) in [6, 6.07) is 18.0. The molecule has 0 spiro atoms. The Hall–Kier alpha value is -1.74. The average Bonchev–Trinajstić information content (AvgIpc) is 2.42. The molecule has 0 saturated heterocycles. The second kappa shape index (κ2) is 6.26. The van der Waals surface area contributed by atoms with Crippen molar-refractivity contribution in [1.82, 2.24) is 0 Å². The van der Waals surface area contributed by atoms with Gasteiger partial charge in [0, 0.05) is 9.79 Å². The first kappa shape index (κ1) is 12.7. The van der Waals surface area contributed by atoms with Gasteiger partial charge in [0.25, 0.3) is 0 Å². The highest BCUT2D eigenvalue weighted by molar-refractivity contribution is 7.99. The molecule has 2 nitrogen and oxygen atoms in total. The van der Waals surface area contributed by atoms with Gasteiger partial charge in [0.05, 0.1) is 13.5 Å². The zero-order chi connectivity index (χ0) is 12.8. The van der Waals surface area contributed by atoms with E-state index in [0.29, 0.717) is 6.42 Å². The molecule has 0 bridgehead atoms. The van der Waals surface area contributed by atoms with Gasteiger partial charge in [-0.1, -0.05) is 48.2 Å². The first-order valence-electron chi connectivity index (χ1n) is 5.67. The minimum absolute atomic E-state index is 0.212. The third-order valence-corrected chi connectivity index (χ3v) is 3.63. The Morgan fingerprint density at radius 2 is 1.72 bits per heavy atom. The minimum Gasteiger partial charge on any atom is -0.469 e. The number of esters is 1. The quantitative estimate of drug-likeness (QED) is 0.784. The average molecular weight is 258 g/mol. The number of carbonyl (C=O) groups is 1. The van der Waals surface area contributed by atoms with E-state index in [1.165, 1.54) is 7.11 Å². The van der Waals surface area contributed by atoms with Gasteiger partial charge in [-0.15, -0.1) is 0 Å². The van der Waals surface area contributed by atoms with Crippen LogP contribution < -0.4 is 0 Å². The lowest BCUT2D eigenvalue weighted by molar-refractivity contribution is -0.139. The van der Waals surface area contributed by atoms with Crippen molar-refractivity contribution in [3.63, 3.8) is 0 Å². The van der Waals surface area contributed by atoms with Gasteiger partial charge < -0.3 is 4.74 Å². The highest BCUT2D eigenvalue weighted by Crippen LogP contribution is 2.30. The molecule has 2 rings (SSSR count). The molecule has 92 valence electrons. The Bertz CT molecular complexity index is 523. The van der Waals surface area contributed by atoms with Crippen molar-refractivity contribution in [2.75, 3.05) is 7.11 Å². The number of ether oxygens (including phenoxy) is 1. The molecule has 0 aliphatic heterocycles. The van der Waals surface area contributed by atoms with Crippen LogP contribution in [0.4, 0.5) is 0 Å². The molecule has 0 heterocycles. The molecule has 0 aliphatic rings. The lowest BCUT2D eigenvalue weighted by Gasteiger charge is -2.08. The monoisotopic (exact) mass is 258 g/mol. The molecule has 18 heavy (non-hydrogen) atoms. The van der Waals surface area contributed by atoms with Crippen molar-refractivity contribution in [3.8, 4) is 0 Å². The maximum atomic E-state index is 11.4. The SMILES string of the molecule is COC(=O)Cc1ccccc1Sc1ccccc1. The third kappa shape index (κ3) is 3.37. The molecule has 0 saturated carbocycles. The van der Waals surface area contributed by atoms with Gasteiger partial charge in [0.2, 0.25) is 0 Å². The van der Waals surface area contributed by atoms with Crippen LogP contribution in [0.25, 0.3) is 0 Å². The van der Waals surface area contributed by atoms with Crippen LogP contribution in [0.15, 0.2) is 64.4 Å². The van der Waals surface area contributed by atoms with Crippen LogP contribution in [0.3, 0.4) is 0 Å². The number of methoxy groups -OCH3 is 1. The summed E-state index contributed by atoms with van der Waals surface area (Å²) in [6.45, 7) is 0. The van der Waals surface area contributed by atoms with E-state index in [4.69, 9.17) is 4.74 Å². The van der Waals surface area contributed by atoms with Crippen molar-refractivity contribution < 1.29 is 9.53 Å². The topological polar surface area (TPSA) is 26.3 Å². The molecule has 3 heteroatoms. The number of carbonyl (C=O) groups excluding carboxylic acids is 1. The molecule has 0 fully saturated rings. The molecule has 0 aromatic heterocycles. The van der Waals surface area contributed by atoms with Gasteiger partial charge in [-0.05, 0) is 23.8 Å². The highest BCUT2D eigenvalue weighted by atomic mass is 32.2. The van der Waals surface area contributed by atoms with Crippen molar-refractivity contribution >= 4 is 17.7 Å². The summed E-state index contributed by atoms with van der Waals surface area (Å²) in [7, 11) is 1.41. The maximum Gasteiger partial charge on any atom is 0.310 e. The van der Waals surface area contributed by atoms with E-state index in [1.54, 1.807) is 11.8 Å². The van der Waals surface area contributed by atoms with Crippen LogP contribution in [0, 0.1) is 0 Å². The molecule has 0 aliphatic carbocycles. The fourth-order valence-corrected chi connectivity index (χ4v) is 2.56. The summed E-state index contributed by atoms with van der Waals surface area (Å²) in [6.07, 6.45) is 0.312. The van der Waals surface area contributed by atoms with Crippen LogP contribution in [-0.4, -0.2) is 13.1 Å². The molecule has 0 amide bonds. The normalized spacial score (nSPS) is 10.1. The summed E-state index contributed by atoms with van der Waals surface area (Å²) in [5.74, 6) is -0.212. The molecule has 2 aromatic rings. The zero-order valence-corrected chi connectivity index (χ0v) is 10.9. The Kier molecular flexibility index (Phi) is 4.42. The zero-order valence-electron chi connectivity index (χ0n) is 10.1. The van der Waals surface area contributed by atoms with Crippen molar-refractivity contribution in [2.45, 2.75) is 16.2 Å². The number of benzene rings is 2. The smallest absolute Gasteiger partial charge is 0.310 e. The largest absolute Gasteiger partial charge is 0.469 e. The molecule has 0 N–H and O–H groups in total. The third-order valence-electron chi connectivity index (χ3n) is 2.51. The number of rotatable bonds is 4. The van der Waals surface area contributed by atoms with Crippen molar-refractivity contribution in [1.29, 1.82) is 0 Å². The summed E-state index contributed by atoms with van der Waals surface area (Å²) in [5, 5.41) is 0. The van der Waals surface area contributed by atoms with Crippen molar-refractivity contribution in [2.24, 2.45) is 0 Å². The van der Waals surface area contributed by atoms with Gasteiger partial charge in [-0.25, -0.2) is 0 Å². The van der Waals surface area contributed by atoms with Gasteiger partial charge in [-0.2, -0.15) is 0 Å². The van der Waals surface area contributed by atoms with Gasteiger partial charge in [0.15, 0.2) is 0 Å². The van der Waals surface area contributed by atoms with E-state index in [0.717, 1.165) is 15.4 Å². The molecule has 0 radical (unpaired) electrons. The second-order valence-electron chi connectivity index (χ2n) is 3.78. The van der Waals surface area contributed by atoms with E-state index in [9.17, 15) is 4.79 Å². The lowest BCUT2D eigenvalue weighted by atomic mass is 10.1. The van der Waals surface area contributed by atoms with Gasteiger partial charge in [-0.3, -0.25) is 4.79 Å². The molecule has 0 atom stereocenters. The van der Waals surface area contributed by atoms with Crippen molar-refractivity contribution in [3.05, 3.63) is 60.2 Å². The fraction of sp³-hybridized carbons (Fsp3) is 0.133. The summed E-state index contributed by atoms with van der Waals surface area (Å²) in [4.78, 5) is 13.6. The standard InChI is InChI=1S/C15H14O2S/c1-17-15(16)11-12-7-5-6-10-14(12)18-13-8-3-2-4-9-13/h2-10H,11H2,1H3. The van der Waals surface area contributed by atoms with E-state index in [1.807, 2.05) is 42.5 Å². The fourth-order valence-electron chi connectivity index (χ4n) is 1.59. The summed E-state index contributed by atoms with van der Waals surface area (Å²) < 4.78 is 4.71. The van der Waals surface area contributed by atoms with E-state index < -0.39 is 0 Å². The number of hydrogen-bond acceptors (Lipinski definition) is 3. The van der Waals surface area contributed by atoms with Crippen LogP contribution in [0.5, 0.6) is 0 Å². The summed E-state index contributed by atoms with van der Waals surface area (Å²) >= 11 is 1.66. The predicted octanol–water partition coefficient (Wildman–Crippen LogP) is 3.55. The van der Waals surface area contributed by atoms with Crippen LogP contribution in [-0.2, 0) is 16.0 Å². The Balaban J connectivity index is 2.20. The van der Waals surface area contributed by atoms with E-state index in [-0.39, 0.29) is 5.97 Å².